The van der Waals surface area contributed by atoms with Crippen LogP contribution in [-0.2, 0) is 38.4 Å². The third-order valence-electron chi connectivity index (χ3n) is 12.6. The van der Waals surface area contributed by atoms with Crippen LogP contribution in [0.3, 0.4) is 0 Å². The Morgan fingerprint density at radius 3 is 2.33 bits per heavy atom. The molecule has 9 unspecified atom stereocenters. The highest BCUT2D eigenvalue weighted by molar-refractivity contribution is 6.01. The van der Waals surface area contributed by atoms with Gasteiger partial charge >= 0.3 is 18.1 Å². The minimum absolute atomic E-state index is 0.00595. The van der Waals surface area contributed by atoms with Crippen LogP contribution in [0.2, 0.25) is 0 Å². The van der Waals surface area contributed by atoms with Crippen molar-refractivity contribution in [2.75, 3.05) is 33.5 Å². The molecule has 4 aliphatic rings. The fraction of sp³-hybridized carbons (Fsp3) is 0.634. The summed E-state index contributed by atoms with van der Waals surface area (Å²) in [7, 11) is 1.30. The van der Waals surface area contributed by atoms with Gasteiger partial charge < -0.3 is 43.7 Å². The molecule has 4 aliphatic carbocycles. The van der Waals surface area contributed by atoms with Gasteiger partial charge in [0.2, 0.25) is 0 Å². The van der Waals surface area contributed by atoms with Crippen molar-refractivity contribution in [1.82, 2.24) is 0 Å². The van der Waals surface area contributed by atoms with Gasteiger partial charge in [0.15, 0.2) is 29.7 Å². The van der Waals surface area contributed by atoms with E-state index >= 15 is 0 Å². The second-order valence-electron chi connectivity index (χ2n) is 16.6. The highest BCUT2D eigenvalue weighted by atomic mass is 17.0. The molecule has 64 heavy (non-hydrogen) atoms. The summed E-state index contributed by atoms with van der Waals surface area (Å²) in [6.07, 6.45) is 5.72. The van der Waals surface area contributed by atoms with Gasteiger partial charge in [-0.2, -0.15) is 0 Å². The molecule has 1 aromatic rings. The van der Waals surface area contributed by atoms with Crippen LogP contribution in [0.1, 0.15) is 88.9 Å². The molecule has 23 heteroatoms. The molecule has 0 bridgehead atoms. The SMILES string of the molecule is COc1cc(C(=O)OCCCCC(CO[N+](=O)[O-])O[N+](=O)[O-])ccc1OC(=O)OCC(=O)C1C(C)CC2C3CCC4=CC(=O)C=CC4(C)C3C(O)CC21C.O=C(O)CCCO[N+](=O)[O-]. The molecule has 0 aromatic heterocycles. The summed E-state index contributed by atoms with van der Waals surface area (Å²) < 4.78 is 21.1. The fourth-order valence-corrected chi connectivity index (χ4v) is 10.1. The molecule has 5 rings (SSSR count). The van der Waals surface area contributed by atoms with E-state index in [0.717, 1.165) is 24.8 Å². The Labute approximate surface area is 366 Å². The van der Waals surface area contributed by atoms with E-state index in [1.165, 1.54) is 25.3 Å². The largest absolute Gasteiger partial charge is 0.514 e. The van der Waals surface area contributed by atoms with E-state index in [-0.39, 0.29) is 97.6 Å². The average molecular weight is 908 g/mol. The lowest BCUT2D eigenvalue weighted by Gasteiger charge is -2.58. The Morgan fingerprint density at radius 2 is 1.67 bits per heavy atom. The number of benzene rings is 1. The first-order chi connectivity index (χ1) is 30.2. The summed E-state index contributed by atoms with van der Waals surface area (Å²) in [6.45, 7) is 4.82. The lowest BCUT2D eigenvalue weighted by molar-refractivity contribution is -0.790. The number of fused-ring (bicyclic) bond motifs is 5. The Balaban J connectivity index is 0.000000800. The van der Waals surface area contributed by atoms with Gasteiger partial charge in [0.25, 0.3) is 15.3 Å². The van der Waals surface area contributed by atoms with Crippen molar-refractivity contribution in [3.05, 3.63) is 77.9 Å². The number of allylic oxidation sites excluding steroid dienone is 4. The number of carboxylic acid groups (broad SMARTS) is 1. The Morgan fingerprint density at radius 1 is 0.953 bits per heavy atom. The Bertz CT molecular complexity index is 1970. The number of aliphatic hydroxyl groups excluding tert-OH is 1. The van der Waals surface area contributed by atoms with Crippen molar-refractivity contribution in [1.29, 1.82) is 0 Å². The van der Waals surface area contributed by atoms with E-state index in [1.807, 2.05) is 13.0 Å². The fourth-order valence-electron chi connectivity index (χ4n) is 10.1. The second kappa shape index (κ2) is 22.3. The first-order valence-corrected chi connectivity index (χ1v) is 20.6. The van der Waals surface area contributed by atoms with Crippen LogP contribution >= 0.6 is 0 Å². The molecular formula is C41H53N3O20. The number of esters is 1. The predicted molar refractivity (Wildman–Crippen MR) is 215 cm³/mol. The average Bonchev–Trinajstić information content (AvgIpc) is 3.49. The summed E-state index contributed by atoms with van der Waals surface area (Å²) in [5, 5.41) is 47.1. The zero-order valence-electron chi connectivity index (χ0n) is 35.8. The third-order valence-corrected chi connectivity index (χ3v) is 12.6. The number of Topliss-reactive ketones (excluding diaryl/α,β-unsaturated/α-hetero) is 1. The van der Waals surface area contributed by atoms with Gasteiger partial charge in [-0.1, -0.05) is 32.4 Å². The highest BCUT2D eigenvalue weighted by Crippen LogP contribution is 2.67. The van der Waals surface area contributed by atoms with E-state index in [4.69, 9.17) is 24.1 Å². The van der Waals surface area contributed by atoms with Gasteiger partial charge in [0, 0.05) is 23.7 Å². The molecule has 3 fully saturated rings. The van der Waals surface area contributed by atoms with Crippen LogP contribution in [0.25, 0.3) is 0 Å². The smallest absolute Gasteiger partial charge is 0.493 e. The quantitative estimate of drug-likeness (QED) is 0.0533. The maximum atomic E-state index is 13.8. The number of methoxy groups -OCH3 is 1. The zero-order valence-corrected chi connectivity index (χ0v) is 35.8. The lowest BCUT2D eigenvalue weighted by Crippen LogP contribution is -2.56. The van der Waals surface area contributed by atoms with Gasteiger partial charge in [-0.25, -0.2) is 9.59 Å². The van der Waals surface area contributed by atoms with Gasteiger partial charge in [-0.15, -0.1) is 30.3 Å². The van der Waals surface area contributed by atoms with E-state index in [9.17, 15) is 59.4 Å². The summed E-state index contributed by atoms with van der Waals surface area (Å²) >= 11 is 0. The van der Waals surface area contributed by atoms with Crippen LogP contribution < -0.4 is 9.47 Å². The maximum Gasteiger partial charge on any atom is 0.514 e. The molecular weight excluding hydrogens is 854 g/mol. The monoisotopic (exact) mass is 907 g/mol. The maximum absolute atomic E-state index is 13.8. The van der Waals surface area contributed by atoms with Gasteiger partial charge in [-0.3, -0.25) is 14.4 Å². The number of hydrogen-bond donors (Lipinski definition) is 2. The minimum Gasteiger partial charge on any atom is -0.493 e. The molecule has 0 aliphatic heterocycles. The number of aliphatic hydroxyl groups is 1. The first-order valence-electron chi connectivity index (χ1n) is 20.6. The normalized spacial score (nSPS) is 26.7. The van der Waals surface area contributed by atoms with Crippen molar-refractivity contribution in [3.8, 4) is 11.5 Å². The molecule has 0 radical (unpaired) electrons. The van der Waals surface area contributed by atoms with E-state index < -0.39 is 75.5 Å². The molecule has 0 amide bonds. The molecule has 1 aromatic carbocycles. The van der Waals surface area contributed by atoms with Crippen LogP contribution in [0.4, 0.5) is 4.79 Å². The third kappa shape index (κ3) is 12.8. The van der Waals surface area contributed by atoms with Crippen molar-refractivity contribution in [3.63, 3.8) is 0 Å². The number of unbranched alkanes of at least 4 members (excludes halogenated alkanes) is 1. The molecule has 352 valence electrons. The van der Waals surface area contributed by atoms with Crippen molar-refractivity contribution in [2.24, 2.45) is 40.4 Å². The highest BCUT2D eigenvalue weighted by Gasteiger charge is 2.64. The zero-order chi connectivity index (χ0) is 47.4. The van der Waals surface area contributed by atoms with E-state index in [0.29, 0.717) is 6.42 Å². The predicted octanol–water partition coefficient (Wildman–Crippen LogP) is 5.09. The minimum atomic E-state index is -1.17. The first kappa shape index (κ1) is 50.3. The van der Waals surface area contributed by atoms with Crippen molar-refractivity contribution >= 4 is 29.7 Å². The van der Waals surface area contributed by atoms with Crippen molar-refractivity contribution < 1.29 is 82.9 Å². The standard InChI is InChI=1S/C37H46N2O15.C4H7NO5/c1-21-15-27-26-10-9-23-17-24(40)12-13-36(23,2)33(26)28(41)18-37(27,3)32(21)29(42)20-51-35(44)53-30-11-8-22(16-31(30)49-4)34(43)50-14-6-5-7-25(54-39(47)48)19-52-38(45)46;6-4(7)2-1-3-10-5(8)9/h8,11-13,16-17,21,25-28,32-33,41H,5-7,9-10,14-15,18-20H2,1-4H3;1-3H2,(H,6,7). The van der Waals surface area contributed by atoms with Crippen LogP contribution in [0.15, 0.2) is 42.0 Å². The molecule has 0 spiro atoms. The topological polar surface area (TPSA) is 320 Å². The lowest BCUT2D eigenvalue weighted by atomic mass is 9.46. The molecule has 0 saturated heterocycles. The van der Waals surface area contributed by atoms with Crippen molar-refractivity contribution in [2.45, 2.75) is 90.8 Å². The Kier molecular flexibility index (Phi) is 17.5. The van der Waals surface area contributed by atoms with Crippen LogP contribution in [0, 0.1) is 70.8 Å². The summed E-state index contributed by atoms with van der Waals surface area (Å²) in [6, 6.07) is 3.93. The van der Waals surface area contributed by atoms with Crippen LogP contribution in [0.5, 0.6) is 11.5 Å². The number of ether oxygens (including phenoxy) is 4. The summed E-state index contributed by atoms with van der Waals surface area (Å²) in [5.41, 5.74) is 0.204. The van der Waals surface area contributed by atoms with E-state index in [1.54, 1.807) is 12.2 Å². The van der Waals surface area contributed by atoms with Gasteiger partial charge in [0.05, 0.1) is 32.0 Å². The number of ketones is 2. The number of hydrogen-bond acceptors (Lipinski definition) is 19. The van der Waals surface area contributed by atoms with Gasteiger partial charge in [0.1, 0.15) is 12.7 Å². The second-order valence-corrected chi connectivity index (χ2v) is 16.6. The summed E-state index contributed by atoms with van der Waals surface area (Å²) in [5.74, 6) is -2.23. The number of rotatable bonds is 21. The number of aliphatic carboxylic acids is 1. The Hall–Kier alpha value is -6.39. The molecule has 9 atom stereocenters. The number of nitrogens with zero attached hydrogens (tertiary/aromatic N) is 3. The molecule has 0 heterocycles. The van der Waals surface area contributed by atoms with E-state index in [2.05, 4.69) is 28.4 Å². The summed E-state index contributed by atoms with van der Waals surface area (Å²) in [4.78, 5) is 104. The molecule has 3 saturated carbocycles. The van der Waals surface area contributed by atoms with Crippen LogP contribution in [-0.4, -0.2) is 101 Å². The molecule has 2 N–H and O–H groups in total. The van der Waals surface area contributed by atoms with Gasteiger partial charge in [-0.05, 0) is 105 Å². The number of carbonyl (C=O) groups excluding carboxylic acids is 4. The number of carbonyl (C=O) groups is 5. The molecule has 23 nitrogen and oxygen atoms in total. The number of carboxylic acids is 1.